The summed E-state index contributed by atoms with van der Waals surface area (Å²) in [7, 11) is 0. The van der Waals surface area contributed by atoms with Crippen molar-refractivity contribution in [2.45, 2.75) is 32.9 Å². The van der Waals surface area contributed by atoms with Gasteiger partial charge >= 0.3 is 0 Å². The van der Waals surface area contributed by atoms with Crippen LogP contribution in [-0.4, -0.2) is 40.7 Å². The lowest BCUT2D eigenvalue weighted by molar-refractivity contribution is -0.155. The molecule has 0 aliphatic carbocycles. The maximum absolute atomic E-state index is 12.6. The van der Waals surface area contributed by atoms with Gasteiger partial charge in [-0.15, -0.1) is 0 Å². The van der Waals surface area contributed by atoms with Crippen molar-refractivity contribution in [1.82, 2.24) is 9.80 Å². The Balaban J connectivity index is 1.86. The summed E-state index contributed by atoms with van der Waals surface area (Å²) < 4.78 is 0. The molecule has 4 heteroatoms. The summed E-state index contributed by atoms with van der Waals surface area (Å²) in [6.07, 6.45) is 0.864. The summed E-state index contributed by atoms with van der Waals surface area (Å²) in [5.41, 5.74) is 3.28. The Morgan fingerprint density at radius 1 is 1.00 bits per heavy atom. The zero-order valence-corrected chi connectivity index (χ0v) is 14.8. The third-order valence-electron chi connectivity index (χ3n) is 4.72. The normalized spacial score (nSPS) is 17.9. The Labute approximate surface area is 149 Å². The molecule has 1 fully saturated rings. The van der Waals surface area contributed by atoms with Crippen LogP contribution in [0.5, 0.6) is 0 Å². The van der Waals surface area contributed by atoms with E-state index < -0.39 is 6.04 Å². The Hall–Kier alpha value is -2.62. The highest BCUT2D eigenvalue weighted by Crippen LogP contribution is 2.26. The van der Waals surface area contributed by atoms with Crippen LogP contribution in [0.4, 0.5) is 0 Å². The number of hydrogen-bond donors (Lipinski definition) is 0. The average Bonchev–Trinajstić information content (AvgIpc) is 2.64. The SMILES string of the molecule is CCCN1CC(=O)N(Cc2ccccc2-c2ccccc2)[C@H](C)C1=O. The van der Waals surface area contributed by atoms with Crippen LogP contribution < -0.4 is 0 Å². The first-order valence-electron chi connectivity index (χ1n) is 8.83. The van der Waals surface area contributed by atoms with E-state index in [2.05, 4.69) is 18.2 Å². The molecule has 2 aromatic rings. The highest BCUT2D eigenvalue weighted by atomic mass is 16.2. The molecular weight excluding hydrogens is 312 g/mol. The number of nitrogens with zero attached hydrogens (tertiary/aromatic N) is 2. The molecule has 1 atom stereocenters. The second kappa shape index (κ2) is 7.51. The minimum Gasteiger partial charge on any atom is -0.332 e. The van der Waals surface area contributed by atoms with Crippen molar-refractivity contribution in [2.24, 2.45) is 0 Å². The molecule has 1 aliphatic rings. The molecule has 0 spiro atoms. The molecule has 0 radical (unpaired) electrons. The second-order valence-corrected chi connectivity index (χ2v) is 6.48. The van der Waals surface area contributed by atoms with E-state index in [1.165, 1.54) is 0 Å². The first-order chi connectivity index (χ1) is 12.1. The van der Waals surface area contributed by atoms with Gasteiger partial charge in [0.15, 0.2) is 0 Å². The van der Waals surface area contributed by atoms with Crippen LogP contribution in [0.2, 0.25) is 0 Å². The number of carbonyl (C=O) groups excluding carboxylic acids is 2. The molecule has 2 amide bonds. The zero-order valence-electron chi connectivity index (χ0n) is 14.8. The van der Waals surface area contributed by atoms with Crippen LogP contribution in [0.1, 0.15) is 25.8 Å². The number of piperazine rings is 1. The fraction of sp³-hybridized carbons (Fsp3) is 0.333. The molecule has 0 saturated carbocycles. The zero-order chi connectivity index (χ0) is 17.8. The number of carbonyl (C=O) groups is 2. The quantitative estimate of drug-likeness (QED) is 0.840. The van der Waals surface area contributed by atoms with E-state index in [0.29, 0.717) is 13.1 Å². The molecule has 0 bridgehead atoms. The lowest BCUT2D eigenvalue weighted by Crippen LogP contribution is -2.58. The largest absolute Gasteiger partial charge is 0.332 e. The number of hydrogen-bond acceptors (Lipinski definition) is 2. The molecule has 1 saturated heterocycles. The highest BCUT2D eigenvalue weighted by molar-refractivity contribution is 5.94. The van der Waals surface area contributed by atoms with Crippen LogP contribution in [-0.2, 0) is 16.1 Å². The van der Waals surface area contributed by atoms with Crippen LogP contribution >= 0.6 is 0 Å². The van der Waals surface area contributed by atoms with Gasteiger partial charge in [-0.3, -0.25) is 9.59 Å². The Bertz CT molecular complexity index is 758. The van der Waals surface area contributed by atoms with Crippen LogP contribution in [0.3, 0.4) is 0 Å². The highest BCUT2D eigenvalue weighted by Gasteiger charge is 2.36. The summed E-state index contributed by atoms with van der Waals surface area (Å²) in [6.45, 7) is 5.13. The van der Waals surface area contributed by atoms with Crippen LogP contribution in [0, 0.1) is 0 Å². The molecular formula is C21H24N2O2. The minimum absolute atomic E-state index is 0.0171. The van der Waals surface area contributed by atoms with E-state index in [-0.39, 0.29) is 18.4 Å². The van der Waals surface area contributed by atoms with E-state index in [1.54, 1.807) is 9.80 Å². The van der Waals surface area contributed by atoms with Gasteiger partial charge in [0.1, 0.15) is 6.04 Å². The number of amides is 2. The van der Waals surface area contributed by atoms with Crippen molar-refractivity contribution < 1.29 is 9.59 Å². The van der Waals surface area contributed by atoms with Gasteiger partial charge in [-0.1, -0.05) is 61.5 Å². The fourth-order valence-corrected chi connectivity index (χ4v) is 3.37. The van der Waals surface area contributed by atoms with Crippen LogP contribution in [0.15, 0.2) is 54.6 Å². The van der Waals surface area contributed by atoms with Crippen molar-refractivity contribution in [3.8, 4) is 11.1 Å². The monoisotopic (exact) mass is 336 g/mol. The first kappa shape index (κ1) is 17.2. The molecule has 0 unspecified atom stereocenters. The van der Waals surface area contributed by atoms with Crippen molar-refractivity contribution in [3.05, 3.63) is 60.2 Å². The summed E-state index contributed by atoms with van der Waals surface area (Å²) in [6, 6.07) is 17.8. The van der Waals surface area contributed by atoms with E-state index in [4.69, 9.17) is 0 Å². The predicted octanol–water partition coefficient (Wildman–Crippen LogP) is 3.32. The molecule has 2 aromatic carbocycles. The van der Waals surface area contributed by atoms with Crippen LogP contribution in [0.25, 0.3) is 11.1 Å². The number of rotatable bonds is 5. The fourth-order valence-electron chi connectivity index (χ4n) is 3.37. The van der Waals surface area contributed by atoms with Gasteiger partial charge in [0.25, 0.3) is 0 Å². The van der Waals surface area contributed by atoms with Gasteiger partial charge in [-0.25, -0.2) is 0 Å². The molecule has 1 heterocycles. The summed E-state index contributed by atoms with van der Waals surface area (Å²) >= 11 is 0. The third-order valence-corrected chi connectivity index (χ3v) is 4.72. The molecule has 0 N–H and O–H groups in total. The molecule has 0 aromatic heterocycles. The van der Waals surface area contributed by atoms with E-state index >= 15 is 0 Å². The molecule has 4 nitrogen and oxygen atoms in total. The Kier molecular flexibility index (Phi) is 5.17. The standard InChI is InChI=1S/C21H24N2O2/c1-3-13-22-15-20(24)23(16(2)21(22)25)14-18-11-7-8-12-19(18)17-9-5-4-6-10-17/h4-12,16H,3,13-15H2,1-2H3/t16-/m1/s1. The molecule has 25 heavy (non-hydrogen) atoms. The lowest BCUT2D eigenvalue weighted by atomic mass is 9.98. The van der Waals surface area contributed by atoms with Crippen molar-refractivity contribution in [2.75, 3.05) is 13.1 Å². The third kappa shape index (κ3) is 3.58. The number of benzene rings is 2. The lowest BCUT2D eigenvalue weighted by Gasteiger charge is -2.39. The van der Waals surface area contributed by atoms with Crippen molar-refractivity contribution in [3.63, 3.8) is 0 Å². The maximum Gasteiger partial charge on any atom is 0.245 e. The Morgan fingerprint density at radius 3 is 2.40 bits per heavy atom. The summed E-state index contributed by atoms with van der Waals surface area (Å²) in [5, 5.41) is 0. The summed E-state index contributed by atoms with van der Waals surface area (Å²) in [4.78, 5) is 28.5. The molecule has 130 valence electrons. The topological polar surface area (TPSA) is 40.6 Å². The molecule has 3 rings (SSSR count). The van der Waals surface area contributed by atoms with Gasteiger partial charge in [0.2, 0.25) is 11.8 Å². The average molecular weight is 336 g/mol. The minimum atomic E-state index is -0.420. The maximum atomic E-state index is 12.6. The first-order valence-corrected chi connectivity index (χ1v) is 8.83. The van der Waals surface area contributed by atoms with Gasteiger partial charge in [-0.05, 0) is 30.0 Å². The van der Waals surface area contributed by atoms with Gasteiger partial charge in [0, 0.05) is 13.1 Å². The van der Waals surface area contributed by atoms with Gasteiger partial charge in [0.05, 0.1) is 6.54 Å². The van der Waals surface area contributed by atoms with Gasteiger partial charge < -0.3 is 9.80 Å². The molecule has 1 aliphatic heterocycles. The predicted molar refractivity (Wildman–Crippen MR) is 98.8 cm³/mol. The second-order valence-electron chi connectivity index (χ2n) is 6.48. The van der Waals surface area contributed by atoms with Crippen molar-refractivity contribution >= 4 is 11.8 Å². The van der Waals surface area contributed by atoms with Gasteiger partial charge in [-0.2, -0.15) is 0 Å². The van der Waals surface area contributed by atoms with Crippen molar-refractivity contribution in [1.29, 1.82) is 0 Å². The van der Waals surface area contributed by atoms with E-state index in [1.807, 2.05) is 50.2 Å². The smallest absolute Gasteiger partial charge is 0.245 e. The Morgan fingerprint density at radius 2 is 1.68 bits per heavy atom. The van der Waals surface area contributed by atoms with E-state index in [0.717, 1.165) is 23.1 Å². The van der Waals surface area contributed by atoms with E-state index in [9.17, 15) is 9.59 Å². The summed E-state index contributed by atoms with van der Waals surface area (Å²) in [5.74, 6) is 0.0575.